The maximum Gasteiger partial charge on any atom is 0.161 e. The monoisotopic (exact) mass is 998 g/mol. The van der Waals surface area contributed by atoms with Gasteiger partial charge in [0, 0.05) is 232 Å². The average Bonchev–Trinajstić information content (AvgIpc) is 3.37. The van der Waals surface area contributed by atoms with Crippen molar-refractivity contribution in [2.75, 3.05) is 5.73 Å². The van der Waals surface area contributed by atoms with Gasteiger partial charge in [0.25, 0.3) is 0 Å². The molecule has 29 heteroatoms. The Balaban J connectivity index is 0.000000297. The lowest BCUT2D eigenvalue weighted by atomic mass is 10.1. The minimum atomic E-state index is -0.974. The summed E-state index contributed by atoms with van der Waals surface area (Å²) < 4.78 is 39.1. The number of aromatic amines is 1. The van der Waals surface area contributed by atoms with E-state index in [0.717, 1.165) is 18.2 Å². The van der Waals surface area contributed by atoms with E-state index in [4.69, 9.17) is 28.1 Å². The summed E-state index contributed by atoms with van der Waals surface area (Å²) in [7, 11) is 36.3. The van der Waals surface area contributed by atoms with Gasteiger partial charge in [-0.2, -0.15) is 0 Å². The van der Waals surface area contributed by atoms with Crippen LogP contribution in [0.1, 0.15) is 0 Å². The highest BCUT2D eigenvalue weighted by Gasteiger charge is 2.12. The van der Waals surface area contributed by atoms with E-state index in [2.05, 4.69) is 9.97 Å². The Hall–Kier alpha value is 2.56. The molecule has 0 bridgehead atoms. The Bertz CT molecular complexity index is 2270. The van der Waals surface area contributed by atoms with Crippen LogP contribution < -0.4 is 5.73 Å². The zero-order valence-electron chi connectivity index (χ0n) is 18.9. The van der Waals surface area contributed by atoms with Gasteiger partial charge in [-0.05, 0) is 18.2 Å². The number of hydrogen-bond donors (Lipinski definition) is 2. The molecule has 0 unspecified atom stereocenters. The quantitative estimate of drug-likeness (QED) is 0.369. The van der Waals surface area contributed by atoms with Gasteiger partial charge in [-0.25, -0.2) is 18.2 Å². The zero-order valence-corrected chi connectivity index (χ0v) is 37.7. The van der Waals surface area contributed by atoms with Crippen LogP contribution in [-0.4, -0.2) is 9.97 Å². The van der Waals surface area contributed by atoms with Crippen molar-refractivity contribution in [3.05, 3.63) is 47.8 Å². The molecule has 0 radical (unpaired) electrons. The highest BCUT2D eigenvalue weighted by molar-refractivity contribution is 8.78. The number of anilines is 1. The summed E-state index contributed by atoms with van der Waals surface area (Å²) in [6, 6.07) is 5.85. The van der Waals surface area contributed by atoms with Crippen LogP contribution in [0, 0.1) is 17.5 Å². The van der Waals surface area contributed by atoms with Gasteiger partial charge in [0.2, 0.25) is 0 Å². The van der Waals surface area contributed by atoms with Crippen molar-refractivity contribution in [3.63, 3.8) is 0 Å². The Morgan fingerprint density at radius 1 is 0.571 bits per heavy atom. The smallest absolute Gasteiger partial charge is 0.161 e. The molecule has 3 nitrogen and oxygen atoms in total. The van der Waals surface area contributed by atoms with Crippen LogP contribution in [-0.2, 0) is 209 Å². The average molecular weight is 1000 g/mol. The van der Waals surface area contributed by atoms with Crippen molar-refractivity contribution in [2.24, 2.45) is 0 Å². The number of aromatic nitrogens is 2. The van der Waals surface area contributed by atoms with Crippen LogP contribution in [0.15, 0.2) is 30.3 Å². The maximum atomic E-state index is 13.1. The number of hydrogen-bond acceptors (Lipinski definition) is 4. The fourth-order valence-corrected chi connectivity index (χ4v) is 54.2. The van der Waals surface area contributed by atoms with E-state index in [1.54, 1.807) is 142 Å². The topological polar surface area (TPSA) is 54.7 Å². The number of halogens is 3. The van der Waals surface area contributed by atoms with E-state index >= 15 is 0 Å². The van der Waals surface area contributed by atoms with Crippen molar-refractivity contribution in [3.8, 4) is 11.4 Å². The zero-order chi connectivity index (χ0) is 30.4. The van der Waals surface area contributed by atoms with Gasteiger partial charge in [-0.3, -0.25) is 0 Å². The van der Waals surface area contributed by atoms with Gasteiger partial charge in [0.15, 0.2) is 11.6 Å². The molecule has 1 aromatic heterocycles. The van der Waals surface area contributed by atoms with Crippen LogP contribution in [0.4, 0.5) is 18.9 Å². The second-order valence-electron chi connectivity index (χ2n) is 5.53. The first kappa shape index (κ1) is 40.7. The SMILES string of the molecule is Nc1cc(F)ccc1-c1nc2cc(F)c(F)cc2[nH]1.S=S=S=S=S=S=S=S=S=S=S=S=S=S=S=S=S=S=S=S=S=S=S. The number of nitrogens with zero attached hydrogens (tertiary/aromatic N) is 1. The number of nitrogens with one attached hydrogen (secondary N) is 1. The maximum absolute atomic E-state index is 13.1. The minimum absolute atomic E-state index is 0.194. The summed E-state index contributed by atoms with van der Waals surface area (Å²) in [4.78, 5) is 6.93. The van der Waals surface area contributed by atoms with Crippen molar-refractivity contribution in [1.29, 1.82) is 0 Å². The van der Waals surface area contributed by atoms with Crippen LogP contribution in [0.5, 0.6) is 0 Å². The van der Waals surface area contributed by atoms with Crippen molar-refractivity contribution in [1.82, 2.24) is 9.97 Å². The van der Waals surface area contributed by atoms with Crippen molar-refractivity contribution in [2.45, 2.75) is 0 Å². The minimum Gasteiger partial charge on any atom is -0.398 e. The summed E-state index contributed by atoms with van der Waals surface area (Å²) in [6.45, 7) is 0. The number of nitrogens with two attached hydrogens (primary N) is 1. The first-order chi connectivity index (χ1) is 20.5. The predicted octanol–water partition coefficient (Wildman–Crippen LogP) is 3.17. The van der Waals surface area contributed by atoms with E-state index in [1.807, 2.05) is 26.6 Å². The highest BCUT2D eigenvalue weighted by atomic mass is 33.5. The number of fused-ring (bicyclic) bond motifs is 1. The molecule has 0 fully saturated rings. The molecule has 0 amide bonds. The molecule has 0 aliphatic heterocycles. The second-order valence-corrected chi connectivity index (χ2v) is 42.7. The third-order valence-corrected chi connectivity index (χ3v) is 47.8. The summed E-state index contributed by atoms with van der Waals surface area (Å²) in [5.41, 5.74) is 6.97. The van der Waals surface area contributed by atoms with E-state index in [1.165, 1.54) is 29.9 Å². The molecule has 3 rings (SSSR count). The van der Waals surface area contributed by atoms with Gasteiger partial charge in [-0.15, -0.1) is 0 Å². The molecule has 2 aromatic carbocycles. The molecule has 0 aliphatic rings. The number of nitrogen functional groups attached to an aromatic ring is 1. The number of imidazole rings is 1. The molecule has 234 valence electrons. The van der Waals surface area contributed by atoms with Gasteiger partial charge < -0.3 is 10.7 Å². The fraction of sp³-hybridized carbons (Fsp3) is 0. The van der Waals surface area contributed by atoms with E-state index in [-0.39, 0.29) is 11.2 Å². The van der Waals surface area contributed by atoms with E-state index < -0.39 is 17.5 Å². The molecule has 3 N–H and O–H groups in total. The molecular weight excluding hydrogens is 993 g/mol. The lowest BCUT2D eigenvalue weighted by Crippen LogP contribution is -1.92. The van der Waals surface area contributed by atoms with Crippen LogP contribution >= 0.6 is 0 Å². The van der Waals surface area contributed by atoms with Crippen molar-refractivity contribution < 1.29 is 13.2 Å². The molecular formula is C13H8F3N3S23. The third kappa shape index (κ3) is 18.2. The highest BCUT2D eigenvalue weighted by Crippen LogP contribution is 2.27. The summed E-state index contributed by atoms with van der Waals surface area (Å²) in [5, 5.41) is 0. The molecule has 0 spiro atoms. The molecule has 0 aliphatic carbocycles. The lowest BCUT2D eigenvalue weighted by molar-refractivity contribution is 0.510. The van der Waals surface area contributed by atoms with Crippen LogP contribution in [0.2, 0.25) is 0 Å². The number of rotatable bonds is 1. The van der Waals surface area contributed by atoms with Gasteiger partial charge in [0.1, 0.15) is 11.6 Å². The van der Waals surface area contributed by atoms with E-state index in [9.17, 15) is 13.2 Å². The molecule has 42 heavy (non-hydrogen) atoms. The summed E-state index contributed by atoms with van der Waals surface area (Å²) >= 11 is 9.54. The van der Waals surface area contributed by atoms with Gasteiger partial charge in [0.05, 0.1) is 11.0 Å². The summed E-state index contributed by atoms with van der Waals surface area (Å²) in [6.07, 6.45) is 0. The van der Waals surface area contributed by atoms with Crippen LogP contribution in [0.3, 0.4) is 0 Å². The second kappa shape index (κ2) is 26.5. The molecule has 0 saturated heterocycles. The number of H-pyrrole nitrogens is 1. The van der Waals surface area contributed by atoms with Crippen LogP contribution in [0.25, 0.3) is 22.4 Å². The Morgan fingerprint density at radius 3 is 1.38 bits per heavy atom. The predicted molar refractivity (Wildman–Crippen MR) is 235 cm³/mol. The standard InChI is InChI=1S/C13H8F3N3.S23/c14-6-1-2-7(10(17)3-6)13-18-11-4-8(15)9(16)5-12(11)19-13;1-3-5-7-9-11-13-15-17-19-21-23-22-20-18-16-14-12-10-8-6-4-2/h1-5H,17H2,(H,18,19);. The normalized spacial score (nSPS) is 9.12. The van der Waals surface area contributed by atoms with Gasteiger partial charge >= 0.3 is 0 Å². The Kier molecular flexibility index (Phi) is 25.7. The Morgan fingerprint density at radius 2 is 0.976 bits per heavy atom. The largest absolute Gasteiger partial charge is 0.398 e. The molecule has 0 atom stereocenters. The fourth-order valence-electron chi connectivity index (χ4n) is 2.10. The lowest BCUT2D eigenvalue weighted by Gasteiger charge is -2.01. The first-order valence-electron chi connectivity index (χ1n) is 9.11. The summed E-state index contributed by atoms with van der Waals surface area (Å²) in [5.74, 6) is -2.07. The first-order valence-corrected chi connectivity index (χ1v) is 38.4. The molecule has 1 heterocycles. The molecule has 3 aromatic rings. The number of benzene rings is 2. The van der Waals surface area contributed by atoms with Gasteiger partial charge in [-0.1, -0.05) is 0 Å². The molecule has 0 saturated carbocycles. The van der Waals surface area contributed by atoms with E-state index in [0.29, 0.717) is 16.9 Å². The Labute approximate surface area is 307 Å². The third-order valence-electron chi connectivity index (χ3n) is 3.35. The van der Waals surface area contributed by atoms with Crippen molar-refractivity contribution >= 4 is 226 Å².